The Bertz CT molecular complexity index is 391. The highest BCUT2D eigenvalue weighted by Gasteiger charge is 2.12. The third kappa shape index (κ3) is 3.96. The van der Waals surface area contributed by atoms with Gasteiger partial charge in [0.1, 0.15) is 11.1 Å². The van der Waals surface area contributed by atoms with Gasteiger partial charge in [-0.05, 0) is 13.8 Å². The molecule has 0 amide bonds. The number of aliphatic imine (C=N–C) groups is 1. The van der Waals surface area contributed by atoms with Crippen LogP contribution in [0.5, 0.6) is 0 Å². The maximum absolute atomic E-state index is 5.26. The molecule has 0 bridgehead atoms. The Morgan fingerprint density at radius 3 is 2.94 bits per heavy atom. The molecule has 1 unspecified atom stereocenters. The molecule has 0 fully saturated rings. The van der Waals surface area contributed by atoms with Gasteiger partial charge in [-0.2, -0.15) is 0 Å². The molecule has 0 saturated carbocycles. The Hall–Kier alpha value is -1.14. The first kappa shape index (κ1) is 14.9. The highest BCUT2D eigenvalue weighted by Crippen LogP contribution is 2.20. The smallest absolute Gasteiger partial charge is 0.193 e. The number of hydrogen-bond donors (Lipinski definition) is 1. The maximum atomic E-state index is 5.26. The summed E-state index contributed by atoms with van der Waals surface area (Å²) in [4.78, 5) is 10.8. The summed E-state index contributed by atoms with van der Waals surface area (Å²) in [5.74, 6) is 0.881. The van der Waals surface area contributed by atoms with Crippen molar-refractivity contribution in [3.8, 4) is 0 Å². The van der Waals surface area contributed by atoms with E-state index in [1.165, 1.54) is 0 Å². The molecule has 102 valence electrons. The van der Waals surface area contributed by atoms with Gasteiger partial charge in [0, 0.05) is 33.1 Å². The van der Waals surface area contributed by atoms with Crippen molar-refractivity contribution in [1.29, 1.82) is 0 Å². The summed E-state index contributed by atoms with van der Waals surface area (Å²) in [5, 5.41) is 6.30. The summed E-state index contributed by atoms with van der Waals surface area (Å²) in [6, 6.07) is 0. The molecule has 1 aromatic rings. The molecule has 0 aliphatic carbocycles. The number of nitrogens with zero attached hydrogens (tertiary/aromatic N) is 3. The Kier molecular flexibility index (Phi) is 6.07. The van der Waals surface area contributed by atoms with Gasteiger partial charge in [-0.15, -0.1) is 11.3 Å². The van der Waals surface area contributed by atoms with Crippen LogP contribution in [0.3, 0.4) is 0 Å². The number of guanidine groups is 1. The summed E-state index contributed by atoms with van der Waals surface area (Å²) in [5.41, 5.74) is 1.04. The average molecular weight is 270 g/mol. The highest BCUT2D eigenvalue weighted by molar-refractivity contribution is 7.09. The molecule has 1 atom stereocenters. The normalized spacial score (nSPS) is 13.5. The van der Waals surface area contributed by atoms with Gasteiger partial charge < -0.3 is 15.0 Å². The van der Waals surface area contributed by atoms with Crippen LogP contribution < -0.4 is 5.32 Å². The number of hydrogen-bond acceptors (Lipinski definition) is 4. The van der Waals surface area contributed by atoms with E-state index in [9.17, 15) is 0 Å². The molecular formula is C12H22N4OS. The monoisotopic (exact) mass is 270 g/mol. The molecule has 18 heavy (non-hydrogen) atoms. The molecule has 6 heteroatoms. The second-order valence-electron chi connectivity index (χ2n) is 3.99. The van der Waals surface area contributed by atoms with Crippen LogP contribution in [0.25, 0.3) is 0 Å². The zero-order chi connectivity index (χ0) is 13.5. The van der Waals surface area contributed by atoms with Crippen LogP contribution in [0.2, 0.25) is 0 Å². The summed E-state index contributed by atoms with van der Waals surface area (Å²) >= 11 is 1.63. The standard InChI is InChI=1S/C12H22N4OS/c1-6-14-12(13-3)16(4)7-10-8-18-11(15-10)9(2)17-5/h8-9H,6-7H2,1-5H3,(H,13,14). The summed E-state index contributed by atoms with van der Waals surface area (Å²) in [6.07, 6.45) is 0.0575. The second-order valence-corrected chi connectivity index (χ2v) is 4.88. The van der Waals surface area contributed by atoms with Crippen molar-refractivity contribution in [2.24, 2.45) is 4.99 Å². The number of nitrogens with one attached hydrogen (secondary N) is 1. The molecule has 0 saturated heterocycles. The van der Waals surface area contributed by atoms with Gasteiger partial charge in [0.05, 0.1) is 12.2 Å². The van der Waals surface area contributed by atoms with Crippen molar-refractivity contribution >= 4 is 17.3 Å². The fraction of sp³-hybridized carbons (Fsp3) is 0.667. The highest BCUT2D eigenvalue weighted by atomic mass is 32.1. The average Bonchev–Trinajstić information content (AvgIpc) is 2.83. The first-order chi connectivity index (χ1) is 8.62. The van der Waals surface area contributed by atoms with E-state index in [2.05, 4.69) is 32.5 Å². The molecule has 1 N–H and O–H groups in total. The van der Waals surface area contributed by atoms with Crippen LogP contribution in [-0.4, -0.2) is 43.6 Å². The molecule has 0 spiro atoms. The molecule has 1 aromatic heterocycles. The van der Waals surface area contributed by atoms with E-state index >= 15 is 0 Å². The minimum atomic E-state index is 0.0575. The molecule has 0 aromatic carbocycles. The Morgan fingerprint density at radius 1 is 1.67 bits per heavy atom. The predicted octanol–water partition coefficient (Wildman–Crippen LogP) is 1.88. The molecule has 0 aliphatic rings. The van der Waals surface area contributed by atoms with Crippen LogP contribution in [0.15, 0.2) is 10.4 Å². The van der Waals surface area contributed by atoms with Crippen LogP contribution in [0.1, 0.15) is 30.7 Å². The van der Waals surface area contributed by atoms with E-state index in [0.29, 0.717) is 0 Å². The van der Waals surface area contributed by atoms with Crippen molar-refractivity contribution in [2.75, 3.05) is 27.7 Å². The molecule has 1 rings (SSSR count). The van der Waals surface area contributed by atoms with Gasteiger partial charge in [0.25, 0.3) is 0 Å². The van der Waals surface area contributed by atoms with Gasteiger partial charge in [-0.25, -0.2) is 4.98 Å². The molecule has 1 heterocycles. The predicted molar refractivity (Wildman–Crippen MR) is 76.0 cm³/mol. The minimum Gasteiger partial charge on any atom is -0.375 e. The minimum absolute atomic E-state index is 0.0575. The van der Waals surface area contributed by atoms with E-state index in [1.54, 1.807) is 25.5 Å². The lowest BCUT2D eigenvalue weighted by molar-refractivity contribution is 0.119. The zero-order valence-corrected chi connectivity index (χ0v) is 12.5. The lowest BCUT2D eigenvalue weighted by Crippen LogP contribution is -2.38. The summed E-state index contributed by atoms with van der Waals surface area (Å²) in [7, 11) is 5.49. The lowest BCUT2D eigenvalue weighted by atomic mass is 10.4. The van der Waals surface area contributed by atoms with Crippen molar-refractivity contribution in [1.82, 2.24) is 15.2 Å². The lowest BCUT2D eigenvalue weighted by Gasteiger charge is -2.20. The van der Waals surface area contributed by atoms with Crippen LogP contribution in [0.4, 0.5) is 0 Å². The first-order valence-corrected chi connectivity index (χ1v) is 6.89. The number of aromatic nitrogens is 1. The van der Waals surface area contributed by atoms with Crippen LogP contribution in [-0.2, 0) is 11.3 Å². The Balaban J connectivity index is 2.64. The van der Waals surface area contributed by atoms with E-state index < -0.39 is 0 Å². The fourth-order valence-electron chi connectivity index (χ4n) is 1.54. The fourth-order valence-corrected chi connectivity index (χ4v) is 2.39. The Labute approximate surface area is 113 Å². The molecule has 5 nitrogen and oxygen atoms in total. The molecular weight excluding hydrogens is 248 g/mol. The van der Waals surface area contributed by atoms with E-state index in [0.717, 1.165) is 29.8 Å². The number of methoxy groups -OCH3 is 1. The van der Waals surface area contributed by atoms with Gasteiger partial charge in [-0.1, -0.05) is 0 Å². The van der Waals surface area contributed by atoms with Crippen molar-refractivity contribution < 1.29 is 4.74 Å². The van der Waals surface area contributed by atoms with Crippen molar-refractivity contribution in [3.63, 3.8) is 0 Å². The largest absolute Gasteiger partial charge is 0.375 e. The molecule has 0 radical (unpaired) electrons. The van der Waals surface area contributed by atoms with Crippen molar-refractivity contribution in [2.45, 2.75) is 26.5 Å². The van der Waals surface area contributed by atoms with Gasteiger partial charge >= 0.3 is 0 Å². The maximum Gasteiger partial charge on any atom is 0.193 e. The van der Waals surface area contributed by atoms with E-state index in [4.69, 9.17) is 4.74 Å². The topological polar surface area (TPSA) is 49.8 Å². The zero-order valence-electron chi connectivity index (χ0n) is 11.7. The van der Waals surface area contributed by atoms with Crippen molar-refractivity contribution in [3.05, 3.63) is 16.1 Å². The van der Waals surface area contributed by atoms with Gasteiger partial charge in [0.2, 0.25) is 0 Å². The van der Waals surface area contributed by atoms with Crippen LogP contribution >= 0.6 is 11.3 Å². The quantitative estimate of drug-likeness (QED) is 0.655. The number of thiazole rings is 1. The molecule has 0 aliphatic heterocycles. The van der Waals surface area contributed by atoms with Gasteiger partial charge in [0.15, 0.2) is 5.96 Å². The third-order valence-electron chi connectivity index (χ3n) is 2.58. The van der Waals surface area contributed by atoms with Gasteiger partial charge in [-0.3, -0.25) is 4.99 Å². The second kappa shape index (κ2) is 7.33. The SMILES string of the molecule is CCNC(=NC)N(C)Cc1csc(C(C)OC)n1. The summed E-state index contributed by atoms with van der Waals surface area (Å²) in [6.45, 7) is 5.66. The first-order valence-electron chi connectivity index (χ1n) is 6.01. The summed E-state index contributed by atoms with van der Waals surface area (Å²) < 4.78 is 5.26. The van der Waals surface area contributed by atoms with E-state index in [1.807, 2.05) is 14.0 Å². The number of rotatable bonds is 5. The Morgan fingerprint density at radius 2 is 2.39 bits per heavy atom. The van der Waals surface area contributed by atoms with E-state index in [-0.39, 0.29) is 6.10 Å². The van der Waals surface area contributed by atoms with Crippen LogP contribution in [0, 0.1) is 0 Å². The number of ether oxygens (including phenoxy) is 1. The third-order valence-corrected chi connectivity index (χ3v) is 3.63.